The normalized spacial score (nSPS) is 10.2. The lowest BCUT2D eigenvalue weighted by molar-refractivity contribution is -0.114. The van der Waals surface area contributed by atoms with Gasteiger partial charge < -0.3 is 10.4 Å². The van der Waals surface area contributed by atoms with E-state index in [0.29, 0.717) is 10.7 Å². The molecule has 2 aromatic rings. The topological polar surface area (TPSA) is 66.4 Å². The number of thiophene rings is 1. The molecule has 0 spiro atoms. The van der Waals surface area contributed by atoms with Crippen LogP contribution in [-0.2, 0) is 4.79 Å². The number of rotatable bonds is 3. The molecule has 2 N–H and O–H groups in total. The second-order valence-corrected chi connectivity index (χ2v) is 5.34. The fraction of sp³-hybridized carbons (Fsp3) is 0.0769. The van der Waals surface area contributed by atoms with E-state index in [-0.39, 0.29) is 10.8 Å². The molecule has 0 radical (unpaired) electrons. The van der Waals surface area contributed by atoms with Crippen molar-refractivity contribution in [3.05, 3.63) is 40.2 Å². The second kappa shape index (κ2) is 5.42. The maximum absolute atomic E-state index is 11.1. The number of amides is 1. The molecule has 0 atom stereocenters. The number of aromatic carboxylic acids is 1. The third kappa shape index (κ3) is 3.13. The van der Waals surface area contributed by atoms with E-state index in [0.717, 1.165) is 21.8 Å². The average Bonchev–Trinajstić information content (AvgIpc) is 2.73. The first-order valence-electron chi connectivity index (χ1n) is 5.38. The quantitative estimate of drug-likeness (QED) is 0.907. The van der Waals surface area contributed by atoms with Gasteiger partial charge in [-0.15, -0.1) is 11.3 Å². The molecule has 1 aromatic heterocycles. The Morgan fingerprint density at radius 2 is 1.89 bits per heavy atom. The molecule has 0 bridgehead atoms. The largest absolute Gasteiger partial charge is 0.477 e. The summed E-state index contributed by atoms with van der Waals surface area (Å²) in [5.74, 6) is -1.36. The first kappa shape index (κ1) is 13.6. The smallest absolute Gasteiger partial charge is 0.348 e. The first-order chi connectivity index (χ1) is 8.97. The number of carboxylic acids is 1. The Bertz CT molecular complexity index is 634. The molecule has 6 heteroatoms. The van der Waals surface area contributed by atoms with Crippen molar-refractivity contribution in [3.63, 3.8) is 0 Å². The fourth-order valence-corrected chi connectivity index (χ4v) is 2.67. The molecule has 1 heterocycles. The van der Waals surface area contributed by atoms with Crippen molar-refractivity contribution in [2.75, 3.05) is 5.32 Å². The minimum Gasteiger partial charge on any atom is -0.477 e. The van der Waals surface area contributed by atoms with Crippen molar-refractivity contribution in [1.29, 1.82) is 0 Å². The van der Waals surface area contributed by atoms with Gasteiger partial charge in [0.2, 0.25) is 5.91 Å². The number of carboxylic acid groups (broad SMARTS) is 1. The van der Waals surface area contributed by atoms with Crippen molar-refractivity contribution in [2.24, 2.45) is 0 Å². The summed E-state index contributed by atoms with van der Waals surface area (Å²) >= 11 is 6.92. The predicted octanol–water partition coefficient (Wildman–Crippen LogP) is 3.73. The summed E-state index contributed by atoms with van der Waals surface area (Å²) < 4.78 is 0. The summed E-state index contributed by atoms with van der Waals surface area (Å²) in [6, 6.07) is 8.72. The Kier molecular flexibility index (Phi) is 3.87. The average molecular weight is 296 g/mol. The molecule has 98 valence electrons. The van der Waals surface area contributed by atoms with Crippen LogP contribution in [-0.4, -0.2) is 17.0 Å². The third-order valence-electron chi connectivity index (χ3n) is 2.37. The molecular weight excluding hydrogens is 286 g/mol. The van der Waals surface area contributed by atoms with Gasteiger partial charge in [-0.1, -0.05) is 23.7 Å². The maximum Gasteiger partial charge on any atom is 0.348 e. The van der Waals surface area contributed by atoms with Crippen molar-refractivity contribution in [1.82, 2.24) is 0 Å². The molecule has 1 aromatic carbocycles. The van der Waals surface area contributed by atoms with E-state index in [4.69, 9.17) is 16.7 Å². The van der Waals surface area contributed by atoms with Gasteiger partial charge in [-0.3, -0.25) is 4.79 Å². The zero-order valence-electron chi connectivity index (χ0n) is 9.94. The third-order valence-corrected chi connectivity index (χ3v) is 3.79. The lowest BCUT2D eigenvalue weighted by Gasteiger charge is -1.98. The monoisotopic (exact) mass is 295 g/mol. The molecule has 0 aliphatic rings. The van der Waals surface area contributed by atoms with Gasteiger partial charge in [0.15, 0.2) is 0 Å². The van der Waals surface area contributed by atoms with Crippen LogP contribution in [0.3, 0.4) is 0 Å². The molecule has 0 unspecified atom stereocenters. The van der Waals surface area contributed by atoms with Crippen LogP contribution >= 0.6 is 22.9 Å². The van der Waals surface area contributed by atoms with Crippen LogP contribution in [0, 0.1) is 0 Å². The van der Waals surface area contributed by atoms with E-state index in [9.17, 15) is 9.59 Å². The number of hydrogen-bond acceptors (Lipinski definition) is 3. The van der Waals surface area contributed by atoms with Crippen LogP contribution in [0.15, 0.2) is 30.3 Å². The van der Waals surface area contributed by atoms with Gasteiger partial charge in [0.05, 0.1) is 5.69 Å². The minimum absolute atomic E-state index is 0.111. The number of anilines is 1. The van der Waals surface area contributed by atoms with Gasteiger partial charge in [0, 0.05) is 16.8 Å². The highest BCUT2D eigenvalue weighted by Crippen LogP contribution is 2.35. The fourth-order valence-electron chi connectivity index (χ4n) is 1.59. The van der Waals surface area contributed by atoms with Crippen LogP contribution in [0.25, 0.3) is 10.4 Å². The van der Waals surface area contributed by atoms with Gasteiger partial charge in [-0.05, 0) is 23.8 Å². The van der Waals surface area contributed by atoms with Crippen LogP contribution in [0.1, 0.15) is 16.6 Å². The number of hydrogen-bond donors (Lipinski definition) is 2. The molecule has 0 saturated heterocycles. The summed E-state index contributed by atoms with van der Waals surface area (Å²) in [5, 5.41) is 12.3. The summed E-state index contributed by atoms with van der Waals surface area (Å²) in [5.41, 5.74) is 1.17. The zero-order chi connectivity index (χ0) is 14.0. The van der Waals surface area contributed by atoms with E-state index in [1.54, 1.807) is 30.3 Å². The van der Waals surface area contributed by atoms with Crippen LogP contribution in [0.5, 0.6) is 0 Å². The van der Waals surface area contributed by atoms with Crippen molar-refractivity contribution in [3.8, 4) is 10.4 Å². The lowest BCUT2D eigenvalue weighted by atomic mass is 10.2. The molecule has 19 heavy (non-hydrogen) atoms. The molecule has 0 saturated carbocycles. The summed E-state index contributed by atoms with van der Waals surface area (Å²) in [4.78, 5) is 23.1. The number of carbonyl (C=O) groups excluding carboxylic acids is 1. The molecule has 1 amide bonds. The lowest BCUT2D eigenvalue weighted by Crippen LogP contribution is -2.08. The number of nitrogens with one attached hydrogen (secondary N) is 1. The Hall–Kier alpha value is -1.85. The van der Waals surface area contributed by atoms with Crippen LogP contribution in [0.2, 0.25) is 5.02 Å². The molecular formula is C13H10ClNO3S. The van der Waals surface area contributed by atoms with E-state index < -0.39 is 5.97 Å². The molecule has 0 aliphatic carbocycles. The van der Waals surface area contributed by atoms with Gasteiger partial charge in [-0.2, -0.15) is 0 Å². The van der Waals surface area contributed by atoms with Crippen molar-refractivity contribution in [2.45, 2.75) is 6.92 Å². The first-order valence-corrected chi connectivity index (χ1v) is 6.57. The molecule has 0 aliphatic heterocycles. The van der Waals surface area contributed by atoms with E-state index in [1.807, 2.05) is 0 Å². The molecule has 2 rings (SSSR count). The predicted molar refractivity (Wildman–Crippen MR) is 76.0 cm³/mol. The minimum atomic E-state index is -1.06. The van der Waals surface area contributed by atoms with E-state index in [1.165, 1.54) is 6.92 Å². The Morgan fingerprint density at radius 1 is 1.26 bits per heavy atom. The summed E-state index contributed by atoms with van der Waals surface area (Å²) in [6.07, 6.45) is 0. The number of benzene rings is 1. The Labute approximate surface area is 118 Å². The van der Waals surface area contributed by atoms with Gasteiger partial charge in [-0.25, -0.2) is 4.79 Å². The Balaban J connectivity index is 2.45. The van der Waals surface area contributed by atoms with E-state index >= 15 is 0 Å². The maximum atomic E-state index is 11.1. The number of carbonyl (C=O) groups is 2. The standard InChI is InChI=1S/C13H10ClNO3S/c1-7(16)15-10-6-11(19-12(10)13(17)18)8-2-4-9(14)5-3-8/h2-6H,1H3,(H,15,16)(H,17,18). The molecule has 0 fully saturated rings. The van der Waals surface area contributed by atoms with Crippen LogP contribution < -0.4 is 5.32 Å². The highest BCUT2D eigenvalue weighted by atomic mass is 35.5. The summed E-state index contributed by atoms with van der Waals surface area (Å²) in [7, 11) is 0. The van der Waals surface area contributed by atoms with Gasteiger partial charge >= 0.3 is 5.97 Å². The second-order valence-electron chi connectivity index (χ2n) is 3.85. The van der Waals surface area contributed by atoms with E-state index in [2.05, 4.69) is 5.32 Å². The Morgan fingerprint density at radius 3 is 2.42 bits per heavy atom. The SMILES string of the molecule is CC(=O)Nc1cc(-c2ccc(Cl)cc2)sc1C(=O)O. The van der Waals surface area contributed by atoms with Gasteiger partial charge in [0.1, 0.15) is 4.88 Å². The highest BCUT2D eigenvalue weighted by Gasteiger charge is 2.17. The van der Waals surface area contributed by atoms with Crippen LogP contribution in [0.4, 0.5) is 5.69 Å². The van der Waals surface area contributed by atoms with Gasteiger partial charge in [0.25, 0.3) is 0 Å². The zero-order valence-corrected chi connectivity index (χ0v) is 11.5. The number of halogens is 1. The molecule has 4 nitrogen and oxygen atoms in total. The van der Waals surface area contributed by atoms with Crippen molar-refractivity contribution < 1.29 is 14.7 Å². The van der Waals surface area contributed by atoms with Crippen molar-refractivity contribution >= 4 is 40.5 Å². The summed E-state index contributed by atoms with van der Waals surface area (Å²) in [6.45, 7) is 1.34. The highest BCUT2D eigenvalue weighted by molar-refractivity contribution is 7.18.